The lowest BCUT2D eigenvalue weighted by Crippen LogP contribution is -2.32. The summed E-state index contributed by atoms with van der Waals surface area (Å²) in [7, 11) is 1.54. The maximum absolute atomic E-state index is 12.8. The van der Waals surface area contributed by atoms with Crippen LogP contribution < -0.4 is 19.9 Å². The van der Waals surface area contributed by atoms with Crippen molar-refractivity contribution in [2.24, 2.45) is 4.99 Å². The topological polar surface area (TPSA) is 120 Å². The highest BCUT2D eigenvalue weighted by molar-refractivity contribution is 8.15. The fourth-order valence-corrected chi connectivity index (χ4v) is 5.26. The van der Waals surface area contributed by atoms with E-state index < -0.39 is 12.4 Å². The van der Waals surface area contributed by atoms with Gasteiger partial charge in [-0.1, -0.05) is 55.4 Å². The fourth-order valence-electron chi connectivity index (χ4n) is 4.40. The number of rotatable bonds is 10. The predicted octanol–water partition coefficient (Wildman–Crippen LogP) is 6.07. The summed E-state index contributed by atoms with van der Waals surface area (Å²) in [5.74, 6) is 0.611. The second-order valence-electron chi connectivity index (χ2n) is 9.60. The van der Waals surface area contributed by atoms with Gasteiger partial charge in [-0.25, -0.2) is 19.9 Å². The average Bonchev–Trinajstić information content (AvgIpc) is 3.65. The SMILES string of the molecule is CCCc1ccc(OC)cc1N1C(=O)CSC1=NC(=O)NOCc1ccc(-c2ncn(-c3ccc(OC(F)(F)F)cc3)n2)cc1. The molecule has 0 bridgehead atoms. The van der Waals surface area contributed by atoms with E-state index >= 15 is 0 Å². The number of alkyl halides is 3. The summed E-state index contributed by atoms with van der Waals surface area (Å²) < 4.78 is 47.8. The fraction of sp³-hybridized carbons (Fsp3) is 0.233. The van der Waals surface area contributed by atoms with Crippen LogP contribution in [0.3, 0.4) is 0 Å². The molecule has 0 saturated carbocycles. The van der Waals surface area contributed by atoms with Crippen LogP contribution in [0.4, 0.5) is 23.7 Å². The summed E-state index contributed by atoms with van der Waals surface area (Å²) in [5.41, 5.74) is 5.79. The summed E-state index contributed by atoms with van der Waals surface area (Å²) in [6, 6.07) is 17.0. The molecule has 0 aliphatic carbocycles. The van der Waals surface area contributed by atoms with Gasteiger partial charge in [0.15, 0.2) is 11.0 Å². The van der Waals surface area contributed by atoms with Gasteiger partial charge in [0, 0.05) is 11.6 Å². The number of urea groups is 1. The van der Waals surface area contributed by atoms with Crippen LogP contribution in [0.15, 0.2) is 78.0 Å². The smallest absolute Gasteiger partial charge is 0.497 e. The third-order valence-corrected chi connectivity index (χ3v) is 7.38. The van der Waals surface area contributed by atoms with Crippen molar-refractivity contribution in [3.8, 4) is 28.6 Å². The van der Waals surface area contributed by atoms with Gasteiger partial charge < -0.3 is 9.47 Å². The van der Waals surface area contributed by atoms with Crippen LogP contribution in [0.2, 0.25) is 0 Å². The Bertz CT molecular complexity index is 1690. The maximum atomic E-state index is 12.8. The highest BCUT2D eigenvalue weighted by atomic mass is 32.2. The molecule has 1 aromatic heterocycles. The normalized spacial score (nSPS) is 14.2. The van der Waals surface area contributed by atoms with Gasteiger partial charge in [-0.05, 0) is 47.9 Å². The number of amides is 3. The number of hydroxylamine groups is 1. The number of carbonyl (C=O) groups excluding carboxylic acids is 2. The Morgan fingerprint density at radius 1 is 1.07 bits per heavy atom. The van der Waals surface area contributed by atoms with Crippen molar-refractivity contribution in [1.82, 2.24) is 20.2 Å². The molecule has 1 aliphatic heterocycles. The van der Waals surface area contributed by atoms with E-state index in [4.69, 9.17) is 9.57 Å². The van der Waals surface area contributed by atoms with Crippen molar-refractivity contribution >= 4 is 34.6 Å². The molecule has 11 nitrogen and oxygen atoms in total. The number of aromatic nitrogens is 3. The van der Waals surface area contributed by atoms with E-state index in [1.54, 1.807) is 37.4 Å². The quantitative estimate of drug-likeness (QED) is 0.208. The minimum Gasteiger partial charge on any atom is -0.497 e. The number of nitrogens with one attached hydrogen (secondary N) is 1. The largest absolute Gasteiger partial charge is 0.573 e. The van der Waals surface area contributed by atoms with Crippen LogP contribution in [0.1, 0.15) is 24.5 Å². The molecule has 15 heteroatoms. The average molecular weight is 641 g/mol. The maximum Gasteiger partial charge on any atom is 0.573 e. The predicted molar refractivity (Wildman–Crippen MR) is 161 cm³/mol. The molecule has 45 heavy (non-hydrogen) atoms. The van der Waals surface area contributed by atoms with E-state index in [1.807, 2.05) is 19.1 Å². The minimum absolute atomic E-state index is 0.0391. The number of halogens is 3. The number of benzene rings is 3. The lowest BCUT2D eigenvalue weighted by atomic mass is 10.1. The Hall–Kier alpha value is -4.89. The van der Waals surface area contributed by atoms with Crippen LogP contribution in [0.5, 0.6) is 11.5 Å². The van der Waals surface area contributed by atoms with E-state index in [1.165, 1.54) is 40.2 Å². The molecule has 0 spiro atoms. The van der Waals surface area contributed by atoms with Crippen LogP contribution >= 0.6 is 11.8 Å². The van der Waals surface area contributed by atoms with Crippen molar-refractivity contribution in [2.75, 3.05) is 17.8 Å². The van der Waals surface area contributed by atoms with Gasteiger partial charge in [0.1, 0.15) is 17.8 Å². The summed E-state index contributed by atoms with van der Waals surface area (Å²) >= 11 is 1.16. The summed E-state index contributed by atoms with van der Waals surface area (Å²) in [6.07, 6.45) is -1.71. The molecule has 0 atom stereocenters. The van der Waals surface area contributed by atoms with E-state index in [-0.39, 0.29) is 29.2 Å². The van der Waals surface area contributed by atoms with Crippen LogP contribution in [-0.4, -0.2) is 51.1 Å². The van der Waals surface area contributed by atoms with Crippen molar-refractivity contribution in [3.63, 3.8) is 0 Å². The molecule has 1 N–H and O–H groups in total. The monoisotopic (exact) mass is 640 g/mol. The van der Waals surface area contributed by atoms with E-state index in [0.717, 1.165) is 35.7 Å². The number of hydrogen-bond acceptors (Lipinski definition) is 8. The first-order chi connectivity index (χ1) is 21.6. The number of aliphatic imine (C=N–C) groups is 1. The number of thioether (sulfide) groups is 1. The zero-order valence-electron chi connectivity index (χ0n) is 24.1. The Morgan fingerprint density at radius 2 is 1.80 bits per heavy atom. The number of hydrogen-bond donors (Lipinski definition) is 1. The molecule has 5 rings (SSSR count). The van der Waals surface area contributed by atoms with E-state index in [9.17, 15) is 22.8 Å². The minimum atomic E-state index is -4.77. The second kappa shape index (κ2) is 13.8. The number of nitrogens with zero attached hydrogens (tertiary/aromatic N) is 5. The Labute approximate surface area is 260 Å². The zero-order valence-corrected chi connectivity index (χ0v) is 24.9. The van der Waals surface area contributed by atoms with Gasteiger partial charge in [0.2, 0.25) is 5.91 Å². The Morgan fingerprint density at radius 3 is 2.49 bits per heavy atom. The number of ether oxygens (including phenoxy) is 2. The summed E-state index contributed by atoms with van der Waals surface area (Å²) in [6.45, 7) is 2.08. The van der Waals surface area contributed by atoms with Gasteiger partial charge in [-0.2, -0.15) is 4.99 Å². The molecule has 4 aromatic rings. The van der Waals surface area contributed by atoms with E-state index in [0.29, 0.717) is 28.5 Å². The molecule has 3 aromatic carbocycles. The standard InChI is InChI=1S/C30H27F3N6O5S/c1-3-4-20-9-12-24(42-2)15-25(20)39-26(40)17-45-29(39)35-28(41)37-43-16-19-5-7-21(8-6-19)27-34-18-38(36-27)22-10-13-23(14-11-22)44-30(31,32)33/h5-15,18H,3-4,16-17H2,1-2H3,(H,37,41). The van der Waals surface area contributed by atoms with Gasteiger partial charge in [-0.3, -0.25) is 14.5 Å². The van der Waals surface area contributed by atoms with Crippen molar-refractivity contribution < 1.29 is 37.1 Å². The molecule has 1 saturated heterocycles. The second-order valence-corrected chi connectivity index (χ2v) is 10.5. The highest BCUT2D eigenvalue weighted by Crippen LogP contribution is 2.33. The molecule has 0 unspecified atom stereocenters. The molecule has 0 radical (unpaired) electrons. The first-order valence-electron chi connectivity index (χ1n) is 13.6. The third-order valence-electron chi connectivity index (χ3n) is 6.45. The number of methoxy groups -OCH3 is 1. The number of carbonyl (C=O) groups is 2. The Kier molecular flexibility index (Phi) is 9.68. The number of anilines is 1. The van der Waals surface area contributed by atoms with Crippen molar-refractivity contribution in [3.05, 3.63) is 84.2 Å². The van der Waals surface area contributed by atoms with Gasteiger partial charge in [-0.15, -0.1) is 18.3 Å². The number of amidine groups is 1. The summed E-state index contributed by atoms with van der Waals surface area (Å²) in [4.78, 5) is 40.4. The van der Waals surface area contributed by atoms with Gasteiger partial charge in [0.05, 0.1) is 30.8 Å². The van der Waals surface area contributed by atoms with Crippen molar-refractivity contribution in [1.29, 1.82) is 0 Å². The molecule has 1 fully saturated rings. The van der Waals surface area contributed by atoms with Crippen LogP contribution in [0.25, 0.3) is 17.1 Å². The summed E-state index contributed by atoms with van der Waals surface area (Å²) in [5, 5.41) is 4.62. The molecule has 2 heterocycles. The molecule has 234 valence electrons. The first kappa shape index (κ1) is 31.5. The highest BCUT2D eigenvalue weighted by Gasteiger charge is 2.32. The van der Waals surface area contributed by atoms with Crippen molar-refractivity contribution in [2.45, 2.75) is 32.7 Å². The molecule has 1 aliphatic rings. The van der Waals surface area contributed by atoms with Crippen LogP contribution in [-0.2, 0) is 22.7 Å². The first-order valence-corrected chi connectivity index (χ1v) is 14.6. The van der Waals surface area contributed by atoms with Crippen LogP contribution in [0, 0.1) is 0 Å². The van der Waals surface area contributed by atoms with Gasteiger partial charge in [0.25, 0.3) is 0 Å². The number of aryl methyl sites for hydroxylation is 1. The lowest BCUT2D eigenvalue weighted by molar-refractivity contribution is -0.274. The Balaban J connectivity index is 1.17. The zero-order chi connectivity index (χ0) is 32.0. The molecule has 3 amide bonds. The molecular formula is C30H27F3N6O5S. The van der Waals surface area contributed by atoms with Gasteiger partial charge >= 0.3 is 12.4 Å². The molecular weight excluding hydrogens is 613 g/mol. The van der Waals surface area contributed by atoms with E-state index in [2.05, 4.69) is 25.3 Å². The lowest BCUT2D eigenvalue weighted by Gasteiger charge is -2.20. The third kappa shape index (κ3) is 7.99.